The summed E-state index contributed by atoms with van der Waals surface area (Å²) in [6.07, 6.45) is 2.65. The maximum absolute atomic E-state index is 11.5. The first-order valence-electron chi connectivity index (χ1n) is 9.07. The lowest BCUT2D eigenvalue weighted by molar-refractivity contribution is -0.116. The highest BCUT2D eigenvalue weighted by Crippen LogP contribution is 2.38. The number of hydrogen-bond donors (Lipinski definition) is 2. The van der Waals surface area contributed by atoms with Crippen LogP contribution in [0, 0.1) is 0 Å². The lowest BCUT2D eigenvalue weighted by Crippen LogP contribution is -2.37. The monoisotopic (exact) mass is 369 g/mol. The number of carbonyl (C=O) groups is 1. The SMILES string of the molecule is CC1CC(O)(c2cccc(Sc3ccc4c(c3)CCC(=O)N4)c2)CCO1. The van der Waals surface area contributed by atoms with E-state index >= 15 is 0 Å². The number of aryl methyl sites for hydroxylation is 1. The molecule has 4 rings (SSSR count). The highest BCUT2D eigenvalue weighted by atomic mass is 32.2. The quantitative estimate of drug-likeness (QED) is 0.855. The number of hydrogen-bond acceptors (Lipinski definition) is 4. The molecule has 0 radical (unpaired) electrons. The van der Waals surface area contributed by atoms with E-state index in [1.165, 1.54) is 5.56 Å². The number of anilines is 1. The van der Waals surface area contributed by atoms with Crippen LogP contribution in [-0.4, -0.2) is 23.7 Å². The van der Waals surface area contributed by atoms with Gasteiger partial charge >= 0.3 is 0 Å². The Morgan fingerprint density at radius 3 is 2.88 bits per heavy atom. The van der Waals surface area contributed by atoms with Gasteiger partial charge < -0.3 is 15.2 Å². The van der Waals surface area contributed by atoms with Gasteiger partial charge in [-0.25, -0.2) is 0 Å². The second-order valence-corrected chi connectivity index (χ2v) is 8.31. The number of fused-ring (bicyclic) bond motifs is 1. The number of amides is 1. The Balaban J connectivity index is 1.55. The summed E-state index contributed by atoms with van der Waals surface area (Å²) in [5, 5.41) is 14.0. The summed E-state index contributed by atoms with van der Waals surface area (Å²) in [6.45, 7) is 2.60. The lowest BCUT2D eigenvalue weighted by Gasteiger charge is -2.36. The van der Waals surface area contributed by atoms with Crippen LogP contribution >= 0.6 is 11.8 Å². The molecule has 2 atom stereocenters. The van der Waals surface area contributed by atoms with Gasteiger partial charge in [-0.05, 0) is 54.8 Å². The Hall–Kier alpha value is -1.82. The Morgan fingerprint density at radius 2 is 2.04 bits per heavy atom. The molecule has 0 bridgehead atoms. The third kappa shape index (κ3) is 3.65. The zero-order chi connectivity index (χ0) is 18.1. The predicted octanol–water partition coefficient (Wildman–Crippen LogP) is 4.11. The Bertz CT molecular complexity index is 838. The van der Waals surface area contributed by atoms with E-state index in [1.54, 1.807) is 11.8 Å². The van der Waals surface area contributed by atoms with Crippen LogP contribution in [0.5, 0.6) is 0 Å². The number of benzene rings is 2. The van der Waals surface area contributed by atoms with Crippen LogP contribution in [0.4, 0.5) is 5.69 Å². The Labute approximate surface area is 158 Å². The molecule has 0 spiro atoms. The fourth-order valence-electron chi connectivity index (χ4n) is 3.74. The minimum absolute atomic E-state index is 0.0703. The normalized spacial score (nSPS) is 25.5. The summed E-state index contributed by atoms with van der Waals surface area (Å²) in [4.78, 5) is 13.7. The highest BCUT2D eigenvalue weighted by molar-refractivity contribution is 7.99. The molecule has 2 heterocycles. The molecular weight excluding hydrogens is 346 g/mol. The molecule has 26 heavy (non-hydrogen) atoms. The van der Waals surface area contributed by atoms with Gasteiger partial charge in [0.25, 0.3) is 0 Å². The fourth-order valence-corrected chi connectivity index (χ4v) is 4.68. The molecule has 2 unspecified atom stereocenters. The van der Waals surface area contributed by atoms with Gasteiger partial charge in [-0.15, -0.1) is 0 Å². The van der Waals surface area contributed by atoms with Gasteiger partial charge in [0.2, 0.25) is 5.91 Å². The van der Waals surface area contributed by atoms with Crippen LogP contribution in [0.3, 0.4) is 0 Å². The summed E-state index contributed by atoms with van der Waals surface area (Å²) in [5.74, 6) is 0.0875. The molecule has 0 aromatic heterocycles. The first-order chi connectivity index (χ1) is 12.5. The van der Waals surface area contributed by atoms with E-state index in [4.69, 9.17) is 4.74 Å². The minimum Gasteiger partial charge on any atom is -0.385 e. The summed E-state index contributed by atoms with van der Waals surface area (Å²) in [6, 6.07) is 14.3. The van der Waals surface area contributed by atoms with Crippen LogP contribution in [0.15, 0.2) is 52.3 Å². The molecule has 5 heteroatoms. The first-order valence-corrected chi connectivity index (χ1v) is 9.89. The maximum Gasteiger partial charge on any atom is 0.224 e. The zero-order valence-electron chi connectivity index (χ0n) is 14.8. The lowest BCUT2D eigenvalue weighted by atomic mass is 9.84. The van der Waals surface area contributed by atoms with E-state index in [0.717, 1.165) is 27.5 Å². The van der Waals surface area contributed by atoms with Crippen LogP contribution in [0.2, 0.25) is 0 Å². The van der Waals surface area contributed by atoms with Crippen LogP contribution in [-0.2, 0) is 21.6 Å². The van der Waals surface area contributed by atoms with Crippen molar-refractivity contribution in [3.05, 3.63) is 53.6 Å². The van der Waals surface area contributed by atoms with Crippen LogP contribution in [0.25, 0.3) is 0 Å². The molecule has 0 saturated carbocycles. The van der Waals surface area contributed by atoms with Gasteiger partial charge in [-0.1, -0.05) is 23.9 Å². The zero-order valence-corrected chi connectivity index (χ0v) is 15.6. The van der Waals surface area contributed by atoms with E-state index in [9.17, 15) is 9.90 Å². The number of ether oxygens (including phenoxy) is 1. The molecule has 4 nitrogen and oxygen atoms in total. The molecule has 2 aromatic rings. The third-order valence-electron chi connectivity index (χ3n) is 5.12. The van der Waals surface area contributed by atoms with Crippen molar-refractivity contribution in [2.24, 2.45) is 0 Å². The van der Waals surface area contributed by atoms with Gasteiger partial charge in [0.15, 0.2) is 0 Å². The van der Waals surface area contributed by atoms with Crippen molar-refractivity contribution in [1.29, 1.82) is 0 Å². The molecule has 136 valence electrons. The second kappa shape index (κ2) is 7.06. The first kappa shape index (κ1) is 17.6. The molecule has 0 aliphatic carbocycles. The van der Waals surface area contributed by atoms with Gasteiger partial charge in [-0.3, -0.25) is 4.79 Å². The molecule has 2 aliphatic rings. The Kier molecular flexibility index (Phi) is 4.78. The van der Waals surface area contributed by atoms with Crippen molar-refractivity contribution >= 4 is 23.4 Å². The van der Waals surface area contributed by atoms with E-state index in [-0.39, 0.29) is 12.0 Å². The summed E-state index contributed by atoms with van der Waals surface area (Å²) in [7, 11) is 0. The summed E-state index contributed by atoms with van der Waals surface area (Å²) < 4.78 is 5.59. The van der Waals surface area contributed by atoms with Crippen LogP contribution < -0.4 is 5.32 Å². The predicted molar refractivity (Wildman–Crippen MR) is 103 cm³/mol. The standard InChI is InChI=1S/C21H23NO3S/c1-14-13-21(24,9-10-25-14)16-3-2-4-17(12-16)26-18-6-7-19-15(11-18)5-8-20(23)22-19/h2-4,6-7,11-12,14,24H,5,8-10,13H2,1H3,(H,22,23). The van der Waals surface area contributed by atoms with E-state index in [0.29, 0.717) is 25.9 Å². The number of rotatable bonds is 3. The van der Waals surface area contributed by atoms with E-state index in [1.807, 2.05) is 31.2 Å². The van der Waals surface area contributed by atoms with Gasteiger partial charge in [0.05, 0.1) is 18.3 Å². The number of nitrogens with one attached hydrogen (secondary N) is 1. The second-order valence-electron chi connectivity index (χ2n) is 7.16. The fraction of sp³-hybridized carbons (Fsp3) is 0.381. The van der Waals surface area contributed by atoms with Gasteiger partial charge in [-0.2, -0.15) is 0 Å². The topological polar surface area (TPSA) is 58.6 Å². The van der Waals surface area contributed by atoms with Crippen molar-refractivity contribution in [1.82, 2.24) is 0 Å². The molecule has 1 fully saturated rings. The molecular formula is C21H23NO3S. The Morgan fingerprint density at radius 1 is 1.19 bits per heavy atom. The van der Waals surface area contributed by atoms with Crippen molar-refractivity contribution < 1.29 is 14.6 Å². The molecule has 2 aliphatic heterocycles. The minimum atomic E-state index is -0.811. The van der Waals surface area contributed by atoms with Crippen LogP contribution in [0.1, 0.15) is 37.3 Å². The highest BCUT2D eigenvalue weighted by Gasteiger charge is 2.35. The summed E-state index contributed by atoms with van der Waals surface area (Å²) in [5.41, 5.74) is 2.25. The number of carbonyl (C=O) groups excluding carboxylic acids is 1. The molecule has 2 N–H and O–H groups in total. The van der Waals surface area contributed by atoms with Crippen molar-refractivity contribution in [2.75, 3.05) is 11.9 Å². The molecule has 2 aromatic carbocycles. The number of aliphatic hydroxyl groups is 1. The third-order valence-corrected chi connectivity index (χ3v) is 6.10. The average molecular weight is 369 g/mol. The smallest absolute Gasteiger partial charge is 0.224 e. The van der Waals surface area contributed by atoms with E-state index in [2.05, 4.69) is 23.5 Å². The molecule has 1 amide bonds. The van der Waals surface area contributed by atoms with E-state index < -0.39 is 5.60 Å². The van der Waals surface area contributed by atoms with Crippen molar-refractivity contribution in [2.45, 2.75) is 54.1 Å². The summed E-state index contributed by atoms with van der Waals surface area (Å²) >= 11 is 1.68. The largest absolute Gasteiger partial charge is 0.385 e. The maximum atomic E-state index is 11.5. The van der Waals surface area contributed by atoms with Crippen molar-refractivity contribution in [3.8, 4) is 0 Å². The van der Waals surface area contributed by atoms with Gasteiger partial charge in [0.1, 0.15) is 0 Å². The van der Waals surface area contributed by atoms with Gasteiger partial charge in [0, 0.05) is 34.7 Å². The average Bonchev–Trinajstić information content (AvgIpc) is 2.62. The van der Waals surface area contributed by atoms with Crippen molar-refractivity contribution in [3.63, 3.8) is 0 Å². The molecule has 1 saturated heterocycles.